The van der Waals surface area contributed by atoms with Crippen LogP contribution < -0.4 is 10.9 Å². The van der Waals surface area contributed by atoms with E-state index in [0.29, 0.717) is 22.3 Å². The highest BCUT2D eigenvalue weighted by atomic mass is 35.5. The Hall–Kier alpha value is -2.56. The quantitative estimate of drug-likeness (QED) is 0.734. The van der Waals surface area contributed by atoms with Crippen LogP contribution in [0, 0.1) is 0 Å². The van der Waals surface area contributed by atoms with Gasteiger partial charge in [0.05, 0.1) is 17.3 Å². The summed E-state index contributed by atoms with van der Waals surface area (Å²) in [6.07, 6.45) is 1.63. The predicted octanol–water partition coefficient (Wildman–Crippen LogP) is 4.46. The van der Waals surface area contributed by atoms with Crippen LogP contribution in [0.25, 0.3) is 0 Å². The van der Waals surface area contributed by atoms with Crippen molar-refractivity contribution in [3.8, 4) is 0 Å². The minimum Gasteiger partial charge on any atom is -0.320 e. The monoisotopic (exact) mass is 372 g/mol. The first-order valence-corrected chi connectivity index (χ1v) is 8.30. The predicted molar refractivity (Wildman–Crippen MR) is 101 cm³/mol. The number of carbonyl (C=O) groups excluding carboxylic acids is 1. The van der Waals surface area contributed by atoms with E-state index in [1.54, 1.807) is 48.7 Å². The molecule has 0 fully saturated rings. The van der Waals surface area contributed by atoms with Crippen LogP contribution in [0.15, 0.2) is 71.7 Å². The molecule has 0 unspecified atom stereocenters. The van der Waals surface area contributed by atoms with Crippen molar-refractivity contribution in [2.24, 2.45) is 0 Å². The lowest BCUT2D eigenvalue weighted by Gasteiger charge is -2.10. The van der Waals surface area contributed by atoms with E-state index in [9.17, 15) is 9.59 Å². The van der Waals surface area contributed by atoms with Gasteiger partial charge >= 0.3 is 0 Å². The number of nitrogens with zero attached hydrogens (tertiary/aromatic N) is 1. The Balaban J connectivity index is 1.87. The summed E-state index contributed by atoms with van der Waals surface area (Å²) in [5.74, 6) is -0.501. The summed E-state index contributed by atoms with van der Waals surface area (Å²) in [6, 6.07) is 17.2. The van der Waals surface area contributed by atoms with Crippen molar-refractivity contribution in [1.82, 2.24) is 4.57 Å². The molecule has 0 aliphatic rings. The molecule has 1 aromatic heterocycles. The zero-order chi connectivity index (χ0) is 17.8. The standard InChI is InChI=1S/C19H14Cl2N2O2/c20-14-6-3-5-13(11-14)12-23-10-4-7-15(19(23)25)18(24)22-17-9-2-1-8-16(17)21/h1-11H,12H2,(H,22,24). The van der Waals surface area contributed by atoms with Crippen LogP contribution in [0.4, 0.5) is 5.69 Å². The summed E-state index contributed by atoms with van der Waals surface area (Å²) >= 11 is 12.0. The summed E-state index contributed by atoms with van der Waals surface area (Å²) in [5, 5.41) is 3.67. The fraction of sp³-hybridized carbons (Fsp3) is 0.0526. The van der Waals surface area contributed by atoms with Gasteiger partial charge in [0.1, 0.15) is 5.56 Å². The van der Waals surface area contributed by atoms with Crippen molar-refractivity contribution in [3.63, 3.8) is 0 Å². The third kappa shape index (κ3) is 4.10. The first-order chi connectivity index (χ1) is 12.0. The molecule has 0 bridgehead atoms. The average molecular weight is 373 g/mol. The number of aromatic nitrogens is 1. The van der Waals surface area contributed by atoms with E-state index in [4.69, 9.17) is 23.2 Å². The number of para-hydroxylation sites is 1. The molecule has 3 aromatic rings. The molecule has 0 saturated carbocycles. The van der Waals surface area contributed by atoms with Gasteiger partial charge in [0.15, 0.2) is 0 Å². The maximum absolute atomic E-state index is 12.6. The molecular formula is C19H14Cl2N2O2. The molecule has 1 N–H and O–H groups in total. The molecule has 0 radical (unpaired) electrons. The number of hydrogen-bond donors (Lipinski definition) is 1. The Bertz CT molecular complexity index is 983. The minimum absolute atomic E-state index is 0.0458. The van der Waals surface area contributed by atoms with E-state index in [1.807, 2.05) is 12.1 Å². The zero-order valence-electron chi connectivity index (χ0n) is 13.1. The van der Waals surface area contributed by atoms with Gasteiger partial charge in [0.25, 0.3) is 11.5 Å². The lowest BCUT2D eigenvalue weighted by atomic mass is 10.2. The highest BCUT2D eigenvalue weighted by Gasteiger charge is 2.13. The first kappa shape index (κ1) is 17.3. The van der Waals surface area contributed by atoms with E-state index in [1.165, 1.54) is 10.6 Å². The molecule has 1 amide bonds. The lowest BCUT2D eigenvalue weighted by molar-refractivity contribution is 0.102. The van der Waals surface area contributed by atoms with Crippen molar-refractivity contribution in [2.75, 3.05) is 5.32 Å². The zero-order valence-corrected chi connectivity index (χ0v) is 14.6. The number of anilines is 1. The molecule has 2 aromatic carbocycles. The van der Waals surface area contributed by atoms with Crippen LogP contribution in [-0.4, -0.2) is 10.5 Å². The highest BCUT2D eigenvalue weighted by molar-refractivity contribution is 6.33. The summed E-state index contributed by atoms with van der Waals surface area (Å²) in [5.41, 5.74) is 0.994. The van der Waals surface area contributed by atoms with E-state index in [2.05, 4.69) is 5.32 Å². The summed E-state index contributed by atoms with van der Waals surface area (Å²) in [4.78, 5) is 25.1. The fourth-order valence-electron chi connectivity index (χ4n) is 2.42. The number of pyridine rings is 1. The van der Waals surface area contributed by atoms with Crippen LogP contribution >= 0.6 is 23.2 Å². The van der Waals surface area contributed by atoms with Crippen LogP contribution in [0.3, 0.4) is 0 Å². The van der Waals surface area contributed by atoms with Gasteiger partial charge in [-0.25, -0.2) is 0 Å². The number of rotatable bonds is 4. The topological polar surface area (TPSA) is 51.1 Å². The number of halogens is 2. The molecule has 0 spiro atoms. The lowest BCUT2D eigenvalue weighted by Crippen LogP contribution is -2.29. The maximum Gasteiger partial charge on any atom is 0.263 e. The number of amides is 1. The molecule has 6 heteroatoms. The van der Waals surface area contributed by atoms with Gasteiger partial charge in [-0.1, -0.05) is 47.5 Å². The van der Waals surface area contributed by atoms with E-state index in [0.717, 1.165) is 5.56 Å². The number of benzene rings is 2. The van der Waals surface area contributed by atoms with Crippen molar-refractivity contribution < 1.29 is 4.79 Å². The van der Waals surface area contributed by atoms with Crippen molar-refractivity contribution in [3.05, 3.63) is 98.4 Å². The van der Waals surface area contributed by atoms with Crippen LogP contribution in [0.5, 0.6) is 0 Å². The van der Waals surface area contributed by atoms with Gasteiger partial charge < -0.3 is 9.88 Å². The molecule has 3 rings (SSSR count). The van der Waals surface area contributed by atoms with Crippen LogP contribution in [0.2, 0.25) is 10.0 Å². The Morgan fingerprint density at radius 1 is 1.00 bits per heavy atom. The SMILES string of the molecule is O=C(Nc1ccccc1Cl)c1cccn(Cc2cccc(Cl)c2)c1=O. The minimum atomic E-state index is -0.501. The van der Waals surface area contributed by atoms with Crippen molar-refractivity contribution >= 4 is 34.8 Å². The fourth-order valence-corrected chi connectivity index (χ4v) is 2.81. The molecule has 0 aliphatic heterocycles. The molecular weight excluding hydrogens is 359 g/mol. The third-order valence-electron chi connectivity index (χ3n) is 3.63. The number of nitrogens with one attached hydrogen (secondary N) is 1. The summed E-state index contributed by atoms with van der Waals surface area (Å²) in [7, 11) is 0. The summed E-state index contributed by atoms with van der Waals surface area (Å²) in [6.45, 7) is 0.326. The molecule has 126 valence electrons. The summed E-state index contributed by atoms with van der Waals surface area (Å²) < 4.78 is 1.47. The van der Waals surface area contributed by atoms with Crippen molar-refractivity contribution in [2.45, 2.75) is 6.54 Å². The Morgan fingerprint density at radius 3 is 2.56 bits per heavy atom. The second kappa shape index (κ2) is 7.55. The third-order valence-corrected chi connectivity index (χ3v) is 4.19. The number of carbonyl (C=O) groups is 1. The van der Waals surface area contributed by atoms with Gasteiger partial charge in [0, 0.05) is 11.2 Å². The van der Waals surface area contributed by atoms with Crippen molar-refractivity contribution in [1.29, 1.82) is 0 Å². The second-order valence-electron chi connectivity index (χ2n) is 5.42. The molecule has 0 atom stereocenters. The smallest absolute Gasteiger partial charge is 0.263 e. The van der Waals surface area contributed by atoms with Crippen LogP contribution in [0.1, 0.15) is 15.9 Å². The molecule has 4 nitrogen and oxygen atoms in total. The van der Waals surface area contributed by atoms with Crippen LogP contribution in [-0.2, 0) is 6.54 Å². The Labute approximate surface area is 154 Å². The Morgan fingerprint density at radius 2 is 1.80 bits per heavy atom. The van der Waals surface area contributed by atoms with Gasteiger partial charge in [-0.15, -0.1) is 0 Å². The molecule has 0 aliphatic carbocycles. The number of hydrogen-bond acceptors (Lipinski definition) is 2. The molecule has 0 saturated heterocycles. The molecule has 1 heterocycles. The normalized spacial score (nSPS) is 10.5. The maximum atomic E-state index is 12.6. The Kier molecular flexibility index (Phi) is 5.22. The van der Waals surface area contributed by atoms with Gasteiger partial charge in [-0.2, -0.15) is 0 Å². The average Bonchev–Trinajstić information content (AvgIpc) is 2.59. The van der Waals surface area contributed by atoms with E-state index < -0.39 is 5.91 Å². The highest BCUT2D eigenvalue weighted by Crippen LogP contribution is 2.20. The largest absolute Gasteiger partial charge is 0.320 e. The first-order valence-electron chi connectivity index (χ1n) is 7.54. The van der Waals surface area contributed by atoms with Gasteiger partial charge in [-0.3, -0.25) is 9.59 Å². The molecule has 25 heavy (non-hydrogen) atoms. The van der Waals surface area contributed by atoms with E-state index in [-0.39, 0.29) is 11.1 Å². The van der Waals surface area contributed by atoms with Gasteiger partial charge in [0.2, 0.25) is 0 Å². The second-order valence-corrected chi connectivity index (χ2v) is 6.26. The van der Waals surface area contributed by atoms with Gasteiger partial charge in [-0.05, 0) is 42.0 Å². The van der Waals surface area contributed by atoms with E-state index >= 15 is 0 Å².